The van der Waals surface area contributed by atoms with Gasteiger partial charge in [0.2, 0.25) is 5.91 Å². The Kier molecular flexibility index (Phi) is 4.90. The summed E-state index contributed by atoms with van der Waals surface area (Å²) in [6, 6.07) is 5.10. The van der Waals surface area contributed by atoms with Crippen LogP contribution in [0.1, 0.15) is 11.1 Å². The molecular formula is C16H14ClF3N4O2. The van der Waals surface area contributed by atoms with Crippen LogP contribution in [0.15, 0.2) is 35.3 Å². The van der Waals surface area contributed by atoms with E-state index in [1.807, 2.05) is 0 Å². The molecule has 0 aliphatic carbocycles. The Hall–Kier alpha value is -2.55. The van der Waals surface area contributed by atoms with Gasteiger partial charge in [-0.15, -0.1) is 0 Å². The Balaban J connectivity index is 1.59. The summed E-state index contributed by atoms with van der Waals surface area (Å²) in [4.78, 5) is 25.3. The minimum Gasteiger partial charge on any atom is -0.367 e. The van der Waals surface area contributed by atoms with Crippen molar-refractivity contribution in [3.8, 4) is 0 Å². The Morgan fingerprint density at radius 2 is 2.04 bits per heavy atom. The predicted molar refractivity (Wildman–Crippen MR) is 88.9 cm³/mol. The van der Waals surface area contributed by atoms with Crippen LogP contribution in [-0.2, 0) is 17.5 Å². The lowest BCUT2D eigenvalue weighted by molar-refractivity contribution is -0.138. The number of aromatic nitrogens is 2. The van der Waals surface area contributed by atoms with Crippen molar-refractivity contribution in [3.05, 3.63) is 57.0 Å². The van der Waals surface area contributed by atoms with Gasteiger partial charge in [-0.05, 0) is 11.6 Å². The number of hydrogen-bond donors (Lipinski definition) is 2. The highest BCUT2D eigenvalue weighted by atomic mass is 35.5. The minimum atomic E-state index is -4.47. The smallest absolute Gasteiger partial charge is 0.367 e. The van der Waals surface area contributed by atoms with Crippen molar-refractivity contribution in [1.82, 2.24) is 15.5 Å². The number of carbonyl (C=O) groups excluding carboxylic acids is 1. The van der Waals surface area contributed by atoms with Crippen LogP contribution in [0.2, 0.25) is 5.02 Å². The Morgan fingerprint density at radius 1 is 1.35 bits per heavy atom. The fourth-order valence-electron chi connectivity index (χ4n) is 2.71. The number of rotatable bonds is 4. The largest absolute Gasteiger partial charge is 0.416 e. The van der Waals surface area contributed by atoms with E-state index in [1.54, 1.807) is 4.90 Å². The standard InChI is InChI=1S/C16H14ClF3N4O2/c17-13-12(6-22-23-15(13)26)24-7-10(8-24)14(25)21-5-9-3-1-2-4-11(9)16(18,19)20/h1-4,6,10H,5,7-8H2,(H,21,25)(H,23,26). The zero-order valence-corrected chi connectivity index (χ0v) is 14.1. The lowest BCUT2D eigenvalue weighted by atomic mass is 9.98. The molecule has 0 spiro atoms. The van der Waals surface area contributed by atoms with Gasteiger partial charge >= 0.3 is 6.18 Å². The molecule has 2 heterocycles. The van der Waals surface area contributed by atoms with Crippen LogP contribution in [0, 0.1) is 5.92 Å². The van der Waals surface area contributed by atoms with Gasteiger partial charge < -0.3 is 10.2 Å². The van der Waals surface area contributed by atoms with Gasteiger partial charge in [0.15, 0.2) is 0 Å². The highest BCUT2D eigenvalue weighted by Gasteiger charge is 2.35. The van der Waals surface area contributed by atoms with Crippen LogP contribution in [0.25, 0.3) is 0 Å². The van der Waals surface area contributed by atoms with Crippen molar-refractivity contribution in [2.75, 3.05) is 18.0 Å². The summed E-state index contributed by atoms with van der Waals surface area (Å²) in [6.07, 6.45) is -3.09. The molecule has 2 N–H and O–H groups in total. The lowest BCUT2D eigenvalue weighted by Crippen LogP contribution is -2.54. The third-order valence-electron chi connectivity index (χ3n) is 4.15. The van der Waals surface area contributed by atoms with Gasteiger partial charge in [-0.3, -0.25) is 9.59 Å². The monoisotopic (exact) mass is 386 g/mol. The fourth-order valence-corrected chi connectivity index (χ4v) is 2.92. The number of halogens is 4. The highest BCUT2D eigenvalue weighted by Crippen LogP contribution is 2.32. The molecule has 6 nitrogen and oxygen atoms in total. The summed E-state index contributed by atoms with van der Waals surface area (Å²) in [7, 11) is 0. The molecule has 0 unspecified atom stereocenters. The molecule has 1 aliphatic rings. The van der Waals surface area contributed by atoms with Crippen molar-refractivity contribution >= 4 is 23.2 Å². The molecule has 1 amide bonds. The van der Waals surface area contributed by atoms with Crippen molar-refractivity contribution in [1.29, 1.82) is 0 Å². The molecule has 26 heavy (non-hydrogen) atoms. The topological polar surface area (TPSA) is 78.1 Å². The van der Waals surface area contributed by atoms with Gasteiger partial charge in [0, 0.05) is 19.6 Å². The first kappa shape index (κ1) is 18.2. The maximum atomic E-state index is 13.0. The Bertz CT molecular complexity index is 878. The molecule has 0 radical (unpaired) electrons. The summed E-state index contributed by atoms with van der Waals surface area (Å²) < 4.78 is 38.9. The second-order valence-electron chi connectivity index (χ2n) is 5.87. The number of alkyl halides is 3. The maximum absolute atomic E-state index is 13.0. The van der Waals surface area contributed by atoms with Crippen LogP contribution in [0.5, 0.6) is 0 Å². The first-order valence-corrected chi connectivity index (χ1v) is 8.06. The quantitative estimate of drug-likeness (QED) is 0.844. The van der Waals surface area contributed by atoms with Crippen molar-refractivity contribution in [2.24, 2.45) is 5.92 Å². The summed E-state index contributed by atoms with van der Waals surface area (Å²) in [5.74, 6) is -0.754. The molecule has 3 rings (SSSR count). The van der Waals surface area contributed by atoms with Gasteiger partial charge in [-0.25, -0.2) is 5.10 Å². The van der Waals surface area contributed by atoms with E-state index in [0.29, 0.717) is 18.8 Å². The van der Waals surface area contributed by atoms with Crippen LogP contribution < -0.4 is 15.8 Å². The molecule has 1 aromatic heterocycles. The van der Waals surface area contributed by atoms with Crippen LogP contribution >= 0.6 is 11.6 Å². The van der Waals surface area contributed by atoms with Gasteiger partial charge in [0.25, 0.3) is 5.56 Å². The lowest BCUT2D eigenvalue weighted by Gasteiger charge is -2.39. The fraction of sp³-hybridized carbons (Fsp3) is 0.312. The molecule has 2 aromatic rings. The normalized spacial score (nSPS) is 14.8. The number of nitrogens with one attached hydrogen (secondary N) is 2. The minimum absolute atomic E-state index is 0.00590. The highest BCUT2D eigenvalue weighted by molar-refractivity contribution is 6.33. The van der Waals surface area contributed by atoms with Crippen LogP contribution in [0.4, 0.5) is 18.9 Å². The molecule has 0 atom stereocenters. The van der Waals surface area contributed by atoms with E-state index >= 15 is 0 Å². The first-order chi connectivity index (χ1) is 12.3. The predicted octanol–water partition coefficient (Wildman–Crippen LogP) is 2.19. The van der Waals surface area contributed by atoms with E-state index in [-0.39, 0.29) is 23.0 Å². The van der Waals surface area contributed by atoms with E-state index in [2.05, 4.69) is 15.5 Å². The molecule has 0 bridgehead atoms. The molecule has 1 aliphatic heterocycles. The van der Waals surface area contributed by atoms with Gasteiger partial charge in [-0.1, -0.05) is 29.8 Å². The Morgan fingerprint density at radius 3 is 2.73 bits per heavy atom. The van der Waals surface area contributed by atoms with Gasteiger partial charge in [-0.2, -0.15) is 18.3 Å². The molecule has 10 heteroatoms. The Labute approximate surface area is 151 Å². The van der Waals surface area contributed by atoms with Crippen molar-refractivity contribution < 1.29 is 18.0 Å². The third-order valence-corrected chi connectivity index (χ3v) is 4.51. The number of nitrogens with zero attached hydrogens (tertiary/aromatic N) is 2. The van der Waals surface area contributed by atoms with E-state index in [9.17, 15) is 22.8 Å². The molecule has 0 saturated carbocycles. The summed E-state index contributed by atoms with van der Waals surface area (Å²) in [6.45, 7) is 0.396. The van der Waals surface area contributed by atoms with Crippen molar-refractivity contribution in [2.45, 2.75) is 12.7 Å². The van der Waals surface area contributed by atoms with E-state index in [4.69, 9.17) is 11.6 Å². The summed E-state index contributed by atoms with van der Waals surface area (Å²) in [5.41, 5.74) is -0.869. The van der Waals surface area contributed by atoms with E-state index in [0.717, 1.165) is 6.07 Å². The van der Waals surface area contributed by atoms with Gasteiger partial charge in [0.05, 0.1) is 23.4 Å². The number of amides is 1. The third kappa shape index (κ3) is 3.67. The molecule has 1 aromatic carbocycles. The van der Waals surface area contributed by atoms with Crippen molar-refractivity contribution in [3.63, 3.8) is 0 Å². The number of aromatic amines is 1. The second-order valence-corrected chi connectivity index (χ2v) is 6.25. The number of carbonyl (C=O) groups is 1. The average molecular weight is 387 g/mol. The zero-order chi connectivity index (χ0) is 18.9. The SMILES string of the molecule is O=C(NCc1ccccc1C(F)(F)F)C1CN(c2cn[nH]c(=O)c2Cl)C1. The summed E-state index contributed by atoms with van der Waals surface area (Å²) >= 11 is 5.90. The van der Waals surface area contributed by atoms with E-state index in [1.165, 1.54) is 24.4 Å². The number of H-pyrrole nitrogens is 1. The molecule has 138 valence electrons. The maximum Gasteiger partial charge on any atom is 0.416 e. The van der Waals surface area contributed by atoms with Crippen LogP contribution in [0.3, 0.4) is 0 Å². The average Bonchev–Trinajstić information content (AvgIpc) is 2.55. The number of benzene rings is 1. The van der Waals surface area contributed by atoms with E-state index < -0.39 is 23.2 Å². The van der Waals surface area contributed by atoms with Crippen LogP contribution in [-0.4, -0.2) is 29.2 Å². The number of anilines is 1. The first-order valence-electron chi connectivity index (χ1n) is 7.68. The molecule has 1 fully saturated rings. The molecular weight excluding hydrogens is 373 g/mol. The number of hydrogen-bond acceptors (Lipinski definition) is 4. The summed E-state index contributed by atoms with van der Waals surface area (Å²) in [5, 5.41) is 8.37. The zero-order valence-electron chi connectivity index (χ0n) is 13.3. The van der Waals surface area contributed by atoms with Gasteiger partial charge in [0.1, 0.15) is 5.02 Å². The molecule has 1 saturated heterocycles. The second kappa shape index (κ2) is 6.99.